The quantitative estimate of drug-likeness (QED) is 0.864. The van der Waals surface area contributed by atoms with Crippen molar-refractivity contribution in [2.75, 3.05) is 0 Å². The van der Waals surface area contributed by atoms with Gasteiger partial charge in [-0.3, -0.25) is 0 Å². The van der Waals surface area contributed by atoms with E-state index in [1.807, 2.05) is 0 Å². The van der Waals surface area contributed by atoms with E-state index in [2.05, 4.69) is 10.2 Å². The van der Waals surface area contributed by atoms with Gasteiger partial charge in [-0.25, -0.2) is 0 Å². The zero-order valence-electron chi connectivity index (χ0n) is 9.52. The van der Waals surface area contributed by atoms with Gasteiger partial charge in [0.1, 0.15) is 0 Å². The Morgan fingerprint density at radius 3 is 2.21 bits per heavy atom. The summed E-state index contributed by atoms with van der Waals surface area (Å²) >= 11 is 0. The molecule has 2 N–H and O–H groups in total. The predicted molar refractivity (Wildman–Crippen MR) is 55.7 cm³/mol. The Morgan fingerprint density at radius 1 is 1.32 bits per heavy atom. The number of carboxylic acids is 1. The van der Waals surface area contributed by atoms with Gasteiger partial charge in [0.25, 0.3) is 0 Å². The van der Waals surface area contributed by atoms with E-state index in [1.54, 1.807) is 0 Å². The lowest BCUT2D eigenvalue weighted by Crippen LogP contribution is -2.43. The summed E-state index contributed by atoms with van der Waals surface area (Å²) in [7, 11) is 0. The fourth-order valence-corrected chi connectivity index (χ4v) is 1.65. The van der Waals surface area contributed by atoms with Gasteiger partial charge < -0.3 is 15.6 Å². The zero-order valence-corrected chi connectivity index (χ0v) is 9.52. The smallest absolute Gasteiger partial charge is 0.442 e. The average Bonchev–Trinajstić information content (AvgIpc) is 3.10. The number of benzene rings is 1. The van der Waals surface area contributed by atoms with E-state index in [-0.39, 0.29) is 12.0 Å². The molecule has 2 rings (SSSR count). The van der Waals surface area contributed by atoms with Gasteiger partial charge in [-0.15, -0.1) is 10.2 Å². The molecule has 1 aliphatic heterocycles. The number of carboxylic acid groups (broad SMARTS) is 1. The number of carbonyl (C=O) groups excluding carboxylic acids is 1. The molecule has 19 heavy (non-hydrogen) atoms. The Bertz CT molecular complexity index is 519. The summed E-state index contributed by atoms with van der Waals surface area (Å²) in [6.45, 7) is 0. The highest BCUT2D eigenvalue weighted by Crippen LogP contribution is 2.52. The molecule has 102 valence electrons. The van der Waals surface area contributed by atoms with E-state index in [4.69, 9.17) is 5.73 Å². The van der Waals surface area contributed by atoms with Crippen molar-refractivity contribution < 1.29 is 23.1 Å². The first-order valence-electron chi connectivity index (χ1n) is 5.33. The second kappa shape index (κ2) is 4.30. The van der Waals surface area contributed by atoms with Crippen LogP contribution < -0.4 is 10.8 Å². The van der Waals surface area contributed by atoms with Crippen molar-refractivity contribution >= 4 is 5.97 Å². The van der Waals surface area contributed by atoms with Crippen molar-refractivity contribution in [2.45, 2.75) is 24.3 Å². The lowest BCUT2D eigenvalue weighted by molar-refractivity contribution is -0.307. The fourth-order valence-electron chi connectivity index (χ4n) is 1.65. The van der Waals surface area contributed by atoms with Gasteiger partial charge in [-0.1, -0.05) is 24.3 Å². The lowest BCUT2D eigenvalue weighted by Gasteiger charge is -2.16. The third-order valence-corrected chi connectivity index (χ3v) is 2.81. The number of alkyl halides is 3. The van der Waals surface area contributed by atoms with E-state index in [1.165, 1.54) is 24.3 Å². The number of hydrogen-bond acceptors (Lipinski definition) is 5. The maximum atomic E-state index is 12.7. The third kappa shape index (κ3) is 2.43. The summed E-state index contributed by atoms with van der Waals surface area (Å²) in [5.41, 5.74) is 3.21. The number of aliphatic carboxylic acids is 1. The first kappa shape index (κ1) is 13.5. The van der Waals surface area contributed by atoms with Crippen molar-refractivity contribution in [1.29, 1.82) is 0 Å². The second-order valence-electron chi connectivity index (χ2n) is 4.20. The Labute approximate surface area is 105 Å². The summed E-state index contributed by atoms with van der Waals surface area (Å²) in [6.07, 6.45) is -4.59. The number of carbonyl (C=O) groups is 1. The summed E-state index contributed by atoms with van der Waals surface area (Å²) in [4.78, 5) is 10.5. The van der Waals surface area contributed by atoms with Crippen LogP contribution in [0, 0.1) is 0 Å². The van der Waals surface area contributed by atoms with Gasteiger partial charge in [0, 0.05) is 11.6 Å². The van der Waals surface area contributed by atoms with Crippen LogP contribution in [-0.4, -0.2) is 18.2 Å². The minimum absolute atomic E-state index is 0.0179. The molecule has 0 amide bonds. The van der Waals surface area contributed by atoms with Crippen LogP contribution in [0.2, 0.25) is 0 Å². The summed E-state index contributed by atoms with van der Waals surface area (Å²) in [5, 5.41) is 16.6. The van der Waals surface area contributed by atoms with Crippen molar-refractivity contribution in [1.82, 2.24) is 0 Å². The summed E-state index contributed by atoms with van der Waals surface area (Å²) in [5.74, 6) is -1.41. The van der Waals surface area contributed by atoms with Crippen LogP contribution in [0.5, 0.6) is 0 Å². The molecule has 1 aromatic carbocycles. The molecule has 1 heterocycles. The molecule has 0 fully saturated rings. The molecule has 0 saturated carbocycles. The Hall–Kier alpha value is -1.96. The molecule has 5 nitrogen and oxygen atoms in total. The first-order valence-corrected chi connectivity index (χ1v) is 5.33. The van der Waals surface area contributed by atoms with Crippen LogP contribution in [0.1, 0.15) is 11.1 Å². The van der Waals surface area contributed by atoms with Crippen molar-refractivity contribution in [3.63, 3.8) is 0 Å². The highest BCUT2D eigenvalue weighted by atomic mass is 19.4. The van der Waals surface area contributed by atoms with Crippen LogP contribution >= 0.6 is 0 Å². The minimum atomic E-state index is -4.57. The number of nitrogens with two attached hydrogens (primary N) is 1. The highest BCUT2D eigenvalue weighted by Gasteiger charge is 2.65. The molecule has 0 radical (unpaired) electrons. The molecular weight excluding hydrogens is 263 g/mol. The fraction of sp³-hybridized carbons (Fsp3) is 0.364. The molecule has 0 bridgehead atoms. The Balaban J connectivity index is 2.14. The molecule has 0 saturated heterocycles. The van der Waals surface area contributed by atoms with Crippen LogP contribution in [0.4, 0.5) is 13.2 Å². The molecule has 1 atom stereocenters. The van der Waals surface area contributed by atoms with Gasteiger partial charge in [-0.2, -0.15) is 13.2 Å². The van der Waals surface area contributed by atoms with Gasteiger partial charge in [0.2, 0.25) is 0 Å². The van der Waals surface area contributed by atoms with Crippen molar-refractivity contribution in [3.05, 3.63) is 35.4 Å². The zero-order chi connectivity index (χ0) is 14.3. The number of rotatable bonds is 4. The highest BCUT2D eigenvalue weighted by molar-refractivity contribution is 5.71. The normalized spacial score (nSPS) is 18.1. The SMILES string of the molecule is N[C@@H](Cc1ccc(C2(C(F)(F)F)N=N2)cc1)C(=O)[O-]. The largest absolute Gasteiger partial charge is 0.548 e. The van der Waals surface area contributed by atoms with E-state index in [9.17, 15) is 23.1 Å². The number of halogens is 3. The monoisotopic (exact) mass is 272 g/mol. The molecule has 0 aromatic heterocycles. The minimum Gasteiger partial charge on any atom is -0.548 e. The molecule has 0 spiro atoms. The maximum Gasteiger partial charge on any atom is 0.442 e. The van der Waals surface area contributed by atoms with Gasteiger partial charge >= 0.3 is 11.8 Å². The van der Waals surface area contributed by atoms with Gasteiger partial charge in [0.15, 0.2) is 0 Å². The van der Waals surface area contributed by atoms with Gasteiger partial charge in [0.05, 0.1) is 5.97 Å². The van der Waals surface area contributed by atoms with E-state index < -0.39 is 23.9 Å². The molecule has 0 aliphatic carbocycles. The molecule has 1 aromatic rings. The third-order valence-electron chi connectivity index (χ3n) is 2.81. The number of hydrogen-bond donors (Lipinski definition) is 1. The van der Waals surface area contributed by atoms with Crippen LogP contribution in [0.15, 0.2) is 34.5 Å². The first-order chi connectivity index (χ1) is 8.76. The van der Waals surface area contributed by atoms with E-state index in [0.717, 1.165) is 0 Å². The second-order valence-corrected chi connectivity index (χ2v) is 4.20. The average molecular weight is 272 g/mol. The van der Waals surface area contributed by atoms with Gasteiger partial charge in [-0.05, 0) is 12.0 Å². The summed E-state index contributed by atoms with van der Waals surface area (Å²) in [6, 6.07) is 3.97. The summed E-state index contributed by atoms with van der Waals surface area (Å²) < 4.78 is 38.1. The van der Waals surface area contributed by atoms with E-state index >= 15 is 0 Å². The van der Waals surface area contributed by atoms with Crippen LogP contribution in [0.25, 0.3) is 0 Å². The molecule has 0 unspecified atom stereocenters. The van der Waals surface area contributed by atoms with Crippen LogP contribution in [0.3, 0.4) is 0 Å². The van der Waals surface area contributed by atoms with Crippen molar-refractivity contribution in [2.24, 2.45) is 16.0 Å². The Kier molecular flexibility index (Phi) is 3.05. The Morgan fingerprint density at radius 2 is 1.84 bits per heavy atom. The molecular formula is C11H9F3N3O2-. The molecule has 1 aliphatic rings. The standard InChI is InChI=1S/C11H10F3N3O2/c12-11(13,14)10(16-17-10)7-3-1-6(2-4-7)5-8(15)9(18)19/h1-4,8H,5,15H2,(H,18,19)/p-1/t8-/m0/s1. The van der Waals surface area contributed by atoms with E-state index in [0.29, 0.717) is 5.56 Å². The predicted octanol–water partition coefficient (Wildman–Crippen LogP) is 0.487. The number of nitrogens with zero attached hydrogens (tertiary/aromatic N) is 2. The van der Waals surface area contributed by atoms with Crippen LogP contribution in [-0.2, 0) is 16.9 Å². The van der Waals surface area contributed by atoms with Crippen molar-refractivity contribution in [3.8, 4) is 0 Å². The maximum absolute atomic E-state index is 12.7. The molecule has 8 heteroatoms. The lowest BCUT2D eigenvalue weighted by atomic mass is 9.99. The topological polar surface area (TPSA) is 90.9 Å².